The summed E-state index contributed by atoms with van der Waals surface area (Å²) in [6, 6.07) is 0. The lowest BCUT2D eigenvalue weighted by Gasteiger charge is -1.82. The number of hydrogen-bond donors (Lipinski definition) is 2. The highest BCUT2D eigenvalue weighted by atomic mass is 32.2. The van der Waals surface area contributed by atoms with E-state index in [0.29, 0.717) is 0 Å². The quantitative estimate of drug-likeness (QED) is 0.475. The van der Waals surface area contributed by atoms with Crippen molar-refractivity contribution in [1.29, 1.82) is 0 Å². The summed E-state index contributed by atoms with van der Waals surface area (Å²) >= 11 is 6.49. The Hall–Kier alpha value is -0.550. The molecule has 62 valence electrons. The SMILES string of the molecule is C=CC(=O)O.S=C1NCCS1. The smallest absolute Gasteiger partial charge is 0.327 e. The van der Waals surface area contributed by atoms with E-state index in [-0.39, 0.29) is 0 Å². The van der Waals surface area contributed by atoms with Gasteiger partial charge in [-0.3, -0.25) is 0 Å². The molecule has 1 aliphatic heterocycles. The summed E-state index contributed by atoms with van der Waals surface area (Å²) in [5, 5.41) is 10.6. The van der Waals surface area contributed by atoms with E-state index in [1.54, 1.807) is 11.8 Å². The number of hydrogen-bond acceptors (Lipinski definition) is 3. The average molecular weight is 191 g/mol. The van der Waals surface area contributed by atoms with Crippen molar-refractivity contribution in [2.75, 3.05) is 12.3 Å². The number of thiocarbonyl (C=S) groups is 1. The van der Waals surface area contributed by atoms with E-state index in [2.05, 4.69) is 11.9 Å². The van der Waals surface area contributed by atoms with Crippen LogP contribution in [-0.2, 0) is 4.79 Å². The molecule has 0 aromatic heterocycles. The monoisotopic (exact) mass is 191 g/mol. The van der Waals surface area contributed by atoms with Crippen molar-refractivity contribution in [3.63, 3.8) is 0 Å². The first-order chi connectivity index (χ1) is 5.16. The summed E-state index contributed by atoms with van der Waals surface area (Å²) < 4.78 is 0.954. The number of rotatable bonds is 1. The molecule has 1 rings (SSSR count). The van der Waals surface area contributed by atoms with Crippen LogP contribution in [0, 0.1) is 0 Å². The third-order valence-electron chi connectivity index (χ3n) is 0.779. The molecular formula is C6H9NO2S2. The van der Waals surface area contributed by atoms with Crippen molar-refractivity contribution in [2.45, 2.75) is 0 Å². The topological polar surface area (TPSA) is 49.3 Å². The van der Waals surface area contributed by atoms with Crippen molar-refractivity contribution >= 4 is 34.3 Å². The minimum atomic E-state index is -0.981. The Bertz CT molecular complexity index is 162. The summed E-state index contributed by atoms with van der Waals surface area (Å²) in [4.78, 5) is 9.25. The van der Waals surface area contributed by atoms with E-state index in [0.717, 1.165) is 22.7 Å². The lowest BCUT2D eigenvalue weighted by Crippen LogP contribution is -2.09. The molecule has 0 saturated carbocycles. The second-order valence-corrected chi connectivity index (χ2v) is 3.38. The fourth-order valence-electron chi connectivity index (χ4n) is 0.348. The first-order valence-electron chi connectivity index (χ1n) is 2.93. The predicted octanol–water partition coefficient (Wildman–Crippen LogP) is 0.865. The summed E-state index contributed by atoms with van der Waals surface area (Å²) in [7, 11) is 0. The highest BCUT2D eigenvalue weighted by molar-refractivity contribution is 8.23. The zero-order valence-corrected chi connectivity index (χ0v) is 7.50. The Kier molecular flexibility index (Phi) is 5.87. The molecule has 1 heterocycles. The van der Waals surface area contributed by atoms with E-state index in [4.69, 9.17) is 17.3 Å². The maximum atomic E-state index is 9.25. The molecule has 1 saturated heterocycles. The van der Waals surface area contributed by atoms with Gasteiger partial charge in [0, 0.05) is 18.4 Å². The fourth-order valence-corrected chi connectivity index (χ4v) is 1.29. The van der Waals surface area contributed by atoms with E-state index < -0.39 is 5.97 Å². The van der Waals surface area contributed by atoms with Crippen molar-refractivity contribution < 1.29 is 9.90 Å². The van der Waals surface area contributed by atoms with Crippen LogP contribution in [0.5, 0.6) is 0 Å². The third kappa shape index (κ3) is 7.35. The van der Waals surface area contributed by atoms with E-state index >= 15 is 0 Å². The van der Waals surface area contributed by atoms with E-state index in [9.17, 15) is 4.79 Å². The van der Waals surface area contributed by atoms with Crippen LogP contribution in [0.1, 0.15) is 0 Å². The van der Waals surface area contributed by atoms with Crippen LogP contribution in [0.4, 0.5) is 0 Å². The molecule has 11 heavy (non-hydrogen) atoms. The van der Waals surface area contributed by atoms with Gasteiger partial charge < -0.3 is 10.4 Å². The van der Waals surface area contributed by atoms with Gasteiger partial charge >= 0.3 is 5.97 Å². The van der Waals surface area contributed by atoms with Crippen LogP contribution in [0.3, 0.4) is 0 Å². The maximum absolute atomic E-state index is 9.25. The summed E-state index contributed by atoms with van der Waals surface area (Å²) in [6.45, 7) is 4.02. The van der Waals surface area contributed by atoms with Gasteiger partial charge in [0.2, 0.25) is 0 Å². The van der Waals surface area contributed by atoms with Crippen molar-refractivity contribution in [2.24, 2.45) is 0 Å². The van der Waals surface area contributed by atoms with Crippen LogP contribution < -0.4 is 5.32 Å². The molecule has 0 aromatic rings. The lowest BCUT2D eigenvalue weighted by molar-refractivity contribution is -0.131. The number of carboxylic acids is 1. The molecule has 1 fully saturated rings. The standard InChI is InChI=1S/C3H5NS2.C3H4O2/c5-3-4-1-2-6-3;1-2-3(4)5/h1-2H2,(H,4,5);2H,1H2,(H,4,5). The molecule has 1 aliphatic rings. The number of carboxylic acid groups (broad SMARTS) is 1. The van der Waals surface area contributed by atoms with E-state index in [1.807, 2.05) is 0 Å². The average Bonchev–Trinajstić information content (AvgIpc) is 2.41. The molecule has 0 amide bonds. The largest absolute Gasteiger partial charge is 0.478 e. The van der Waals surface area contributed by atoms with Gasteiger partial charge in [0.1, 0.15) is 4.32 Å². The molecular weight excluding hydrogens is 182 g/mol. The van der Waals surface area contributed by atoms with Crippen LogP contribution in [-0.4, -0.2) is 27.7 Å². The molecule has 0 aromatic carbocycles. The summed E-state index contributed by atoms with van der Waals surface area (Å²) in [5.41, 5.74) is 0. The highest BCUT2D eigenvalue weighted by Gasteiger charge is 2.01. The summed E-state index contributed by atoms with van der Waals surface area (Å²) in [5.74, 6) is 0.170. The zero-order chi connectivity index (χ0) is 8.69. The molecule has 0 unspecified atom stereocenters. The number of nitrogens with one attached hydrogen (secondary N) is 1. The Morgan fingerprint density at radius 2 is 2.45 bits per heavy atom. The number of carbonyl (C=O) groups is 1. The second-order valence-electron chi connectivity index (χ2n) is 1.61. The summed E-state index contributed by atoms with van der Waals surface area (Å²) in [6.07, 6.45) is 0.833. The first-order valence-corrected chi connectivity index (χ1v) is 4.32. The van der Waals surface area contributed by atoms with Gasteiger partial charge in [-0.25, -0.2) is 4.79 Å². The zero-order valence-electron chi connectivity index (χ0n) is 5.87. The fraction of sp³-hybridized carbons (Fsp3) is 0.333. The van der Waals surface area contributed by atoms with Crippen LogP contribution in [0.2, 0.25) is 0 Å². The van der Waals surface area contributed by atoms with Crippen molar-refractivity contribution in [3.8, 4) is 0 Å². The Morgan fingerprint density at radius 3 is 2.55 bits per heavy atom. The van der Waals surface area contributed by atoms with Crippen molar-refractivity contribution in [3.05, 3.63) is 12.7 Å². The lowest BCUT2D eigenvalue weighted by atomic mass is 10.7. The van der Waals surface area contributed by atoms with Crippen LogP contribution in [0.25, 0.3) is 0 Å². The third-order valence-corrected chi connectivity index (χ3v) is 2.09. The second kappa shape index (κ2) is 6.18. The van der Waals surface area contributed by atoms with Crippen LogP contribution >= 0.6 is 24.0 Å². The minimum Gasteiger partial charge on any atom is -0.478 e. The number of aliphatic carboxylic acids is 1. The predicted molar refractivity (Wildman–Crippen MR) is 50.9 cm³/mol. The minimum absolute atomic E-state index is 0.833. The molecule has 0 bridgehead atoms. The molecule has 0 atom stereocenters. The van der Waals surface area contributed by atoms with Gasteiger partial charge in [0.05, 0.1) is 0 Å². The van der Waals surface area contributed by atoms with E-state index in [1.165, 1.54) is 0 Å². The molecule has 2 N–H and O–H groups in total. The molecule has 0 spiro atoms. The van der Waals surface area contributed by atoms with Gasteiger partial charge in [0.15, 0.2) is 0 Å². The molecule has 5 heteroatoms. The van der Waals surface area contributed by atoms with Crippen molar-refractivity contribution in [1.82, 2.24) is 5.32 Å². The van der Waals surface area contributed by atoms with Gasteiger partial charge in [-0.05, 0) is 0 Å². The normalized spacial score (nSPS) is 14.4. The van der Waals surface area contributed by atoms with Gasteiger partial charge in [-0.1, -0.05) is 30.6 Å². The maximum Gasteiger partial charge on any atom is 0.327 e. The Morgan fingerprint density at radius 1 is 1.91 bits per heavy atom. The van der Waals surface area contributed by atoms with Gasteiger partial charge in [0.25, 0.3) is 0 Å². The molecule has 3 nitrogen and oxygen atoms in total. The molecule has 0 radical (unpaired) electrons. The van der Waals surface area contributed by atoms with Crippen LogP contribution in [0.15, 0.2) is 12.7 Å². The molecule has 0 aliphatic carbocycles. The number of thioether (sulfide) groups is 1. The van der Waals surface area contributed by atoms with Gasteiger partial charge in [-0.15, -0.1) is 0 Å². The Labute approximate surface area is 74.9 Å². The first kappa shape index (κ1) is 10.4. The van der Waals surface area contributed by atoms with Gasteiger partial charge in [-0.2, -0.15) is 0 Å². The Balaban J connectivity index is 0.000000187. The highest BCUT2D eigenvalue weighted by Crippen LogP contribution is 2.05.